The van der Waals surface area contributed by atoms with Crippen LogP contribution in [-0.2, 0) is 0 Å². The number of nitrogens with zero attached hydrogens (tertiary/aromatic N) is 1. The van der Waals surface area contributed by atoms with E-state index in [1.807, 2.05) is 32.0 Å². The molecule has 0 radical (unpaired) electrons. The molecule has 0 aliphatic carbocycles. The van der Waals surface area contributed by atoms with Gasteiger partial charge in [0.2, 0.25) is 0 Å². The van der Waals surface area contributed by atoms with Crippen molar-refractivity contribution in [2.24, 2.45) is 0 Å². The quantitative estimate of drug-likeness (QED) is 0.599. The van der Waals surface area contributed by atoms with Gasteiger partial charge in [0.1, 0.15) is 15.0 Å². The number of halogens is 1. The second kappa shape index (κ2) is 3.38. The van der Waals surface area contributed by atoms with Crippen LogP contribution < -0.4 is 0 Å². The molecule has 3 heteroatoms. The highest BCUT2D eigenvalue weighted by atomic mass is 127. The van der Waals surface area contributed by atoms with Crippen molar-refractivity contribution in [1.82, 2.24) is 4.98 Å². The second-order valence-corrected chi connectivity index (χ2v) is 4.49. The Morgan fingerprint density at radius 2 is 1.93 bits per heavy atom. The predicted molar refractivity (Wildman–Crippen MR) is 65.6 cm³/mol. The molecular formula is C11H10INO. The number of benzene rings is 1. The summed E-state index contributed by atoms with van der Waals surface area (Å²) in [6, 6.07) is 5.93. The van der Waals surface area contributed by atoms with Crippen molar-refractivity contribution in [3.05, 3.63) is 33.0 Å². The van der Waals surface area contributed by atoms with E-state index in [9.17, 15) is 5.11 Å². The van der Waals surface area contributed by atoms with Crippen molar-refractivity contribution in [2.45, 2.75) is 13.8 Å². The number of phenols is 1. The highest BCUT2D eigenvalue weighted by Gasteiger charge is 2.07. The first kappa shape index (κ1) is 9.71. The number of fused-ring (bicyclic) bond motifs is 1. The first-order valence-electron chi connectivity index (χ1n) is 4.35. The van der Waals surface area contributed by atoms with E-state index in [2.05, 4.69) is 27.6 Å². The number of hydrogen-bond donors (Lipinski definition) is 1. The molecule has 2 aromatic rings. The maximum absolute atomic E-state index is 9.84. The fourth-order valence-corrected chi connectivity index (χ4v) is 2.01. The molecule has 0 aliphatic rings. The minimum absolute atomic E-state index is 0.295. The molecular weight excluding hydrogens is 289 g/mol. The summed E-state index contributed by atoms with van der Waals surface area (Å²) >= 11 is 2.15. The van der Waals surface area contributed by atoms with E-state index in [4.69, 9.17) is 0 Å². The van der Waals surface area contributed by atoms with E-state index in [0.717, 1.165) is 20.2 Å². The number of hydrogen-bond acceptors (Lipinski definition) is 2. The zero-order valence-electron chi connectivity index (χ0n) is 8.00. The van der Waals surface area contributed by atoms with Gasteiger partial charge in [-0.3, -0.25) is 0 Å². The maximum Gasteiger partial charge on any atom is 0.144 e. The highest BCUT2D eigenvalue weighted by molar-refractivity contribution is 14.1. The lowest BCUT2D eigenvalue weighted by Gasteiger charge is -2.06. The Kier molecular flexibility index (Phi) is 2.34. The Bertz CT molecular complexity index is 508. The summed E-state index contributed by atoms with van der Waals surface area (Å²) < 4.78 is 0.899. The summed E-state index contributed by atoms with van der Waals surface area (Å²) in [6.45, 7) is 3.92. The van der Waals surface area contributed by atoms with Crippen LogP contribution in [0.3, 0.4) is 0 Å². The van der Waals surface area contributed by atoms with Crippen molar-refractivity contribution in [3.63, 3.8) is 0 Å². The standard InChI is InChI=1S/C11H10INO/c1-6-5-7(2)11(14)10-8(6)3-4-9(12)13-10/h3-5,14H,1-2H3. The Labute approximate surface area is 96.1 Å². The van der Waals surface area contributed by atoms with E-state index in [-0.39, 0.29) is 0 Å². The van der Waals surface area contributed by atoms with E-state index >= 15 is 0 Å². The van der Waals surface area contributed by atoms with Gasteiger partial charge in [-0.2, -0.15) is 0 Å². The molecule has 1 heterocycles. The van der Waals surface area contributed by atoms with Gasteiger partial charge in [0.25, 0.3) is 0 Å². The predicted octanol–water partition coefficient (Wildman–Crippen LogP) is 3.16. The van der Waals surface area contributed by atoms with Crippen LogP contribution in [0.15, 0.2) is 18.2 Å². The minimum Gasteiger partial charge on any atom is -0.505 e. The molecule has 0 spiro atoms. The van der Waals surface area contributed by atoms with Crippen LogP contribution in [0.5, 0.6) is 5.75 Å². The van der Waals surface area contributed by atoms with Crippen molar-refractivity contribution in [3.8, 4) is 5.75 Å². The minimum atomic E-state index is 0.295. The molecule has 0 amide bonds. The highest BCUT2D eigenvalue weighted by Crippen LogP contribution is 2.29. The number of rotatable bonds is 0. The van der Waals surface area contributed by atoms with E-state index in [0.29, 0.717) is 11.3 Å². The molecule has 1 N–H and O–H groups in total. The van der Waals surface area contributed by atoms with Gasteiger partial charge in [0, 0.05) is 5.39 Å². The number of phenolic OH excluding ortho intramolecular Hbond substituents is 1. The lowest BCUT2D eigenvalue weighted by Crippen LogP contribution is -1.88. The molecule has 14 heavy (non-hydrogen) atoms. The number of aromatic hydroxyl groups is 1. The van der Waals surface area contributed by atoms with Gasteiger partial charge in [-0.1, -0.05) is 6.07 Å². The van der Waals surface area contributed by atoms with Crippen LogP contribution in [0, 0.1) is 17.5 Å². The molecule has 0 atom stereocenters. The van der Waals surface area contributed by atoms with Crippen molar-refractivity contribution < 1.29 is 5.11 Å². The normalized spacial score (nSPS) is 10.8. The first-order chi connectivity index (χ1) is 6.59. The van der Waals surface area contributed by atoms with Crippen molar-refractivity contribution >= 4 is 33.5 Å². The largest absolute Gasteiger partial charge is 0.505 e. The van der Waals surface area contributed by atoms with Crippen LogP contribution in [-0.4, -0.2) is 10.1 Å². The Balaban J connectivity index is 2.95. The zero-order valence-corrected chi connectivity index (χ0v) is 10.2. The van der Waals surface area contributed by atoms with Crippen LogP contribution >= 0.6 is 22.6 Å². The summed E-state index contributed by atoms with van der Waals surface area (Å²) in [5.74, 6) is 0.295. The number of aromatic nitrogens is 1. The van der Waals surface area contributed by atoms with Gasteiger partial charge < -0.3 is 5.11 Å². The van der Waals surface area contributed by atoms with Crippen LogP contribution in [0.2, 0.25) is 0 Å². The second-order valence-electron chi connectivity index (χ2n) is 3.39. The van der Waals surface area contributed by atoms with Crippen molar-refractivity contribution in [2.75, 3.05) is 0 Å². The molecule has 0 bridgehead atoms. The molecule has 1 aromatic carbocycles. The molecule has 2 nitrogen and oxygen atoms in total. The SMILES string of the molecule is Cc1cc(C)c2ccc(I)nc2c1O. The Hall–Kier alpha value is -0.840. The first-order valence-corrected chi connectivity index (χ1v) is 5.43. The summed E-state index contributed by atoms with van der Waals surface area (Å²) in [6.07, 6.45) is 0. The van der Waals surface area contributed by atoms with Crippen molar-refractivity contribution in [1.29, 1.82) is 0 Å². The van der Waals surface area contributed by atoms with Crippen LogP contribution in [0.25, 0.3) is 10.9 Å². The lowest BCUT2D eigenvalue weighted by molar-refractivity contribution is 0.476. The van der Waals surface area contributed by atoms with Crippen LogP contribution in [0.4, 0.5) is 0 Å². The smallest absolute Gasteiger partial charge is 0.144 e. The fraction of sp³-hybridized carbons (Fsp3) is 0.182. The van der Waals surface area contributed by atoms with Gasteiger partial charge in [-0.05, 0) is 59.7 Å². The summed E-state index contributed by atoms with van der Waals surface area (Å²) in [5.41, 5.74) is 2.73. The zero-order chi connectivity index (χ0) is 10.3. The van der Waals surface area contributed by atoms with E-state index in [1.54, 1.807) is 0 Å². The molecule has 0 saturated heterocycles. The molecule has 1 aromatic heterocycles. The molecule has 0 unspecified atom stereocenters. The average Bonchev–Trinajstić information content (AvgIpc) is 2.14. The monoisotopic (exact) mass is 299 g/mol. The Morgan fingerprint density at radius 3 is 2.64 bits per heavy atom. The lowest BCUT2D eigenvalue weighted by atomic mass is 10.1. The fourth-order valence-electron chi connectivity index (χ4n) is 1.59. The maximum atomic E-state index is 9.84. The average molecular weight is 299 g/mol. The third-order valence-corrected chi connectivity index (χ3v) is 2.92. The summed E-state index contributed by atoms with van der Waals surface area (Å²) in [5, 5.41) is 10.9. The molecule has 0 fully saturated rings. The Morgan fingerprint density at radius 1 is 1.21 bits per heavy atom. The van der Waals surface area contributed by atoms with Crippen LogP contribution in [0.1, 0.15) is 11.1 Å². The third kappa shape index (κ3) is 1.45. The molecule has 0 aliphatic heterocycles. The van der Waals surface area contributed by atoms with Gasteiger partial charge in [0.05, 0.1) is 0 Å². The summed E-state index contributed by atoms with van der Waals surface area (Å²) in [4.78, 5) is 4.33. The molecule has 2 rings (SSSR count). The van der Waals surface area contributed by atoms with Gasteiger partial charge in [-0.25, -0.2) is 4.98 Å². The van der Waals surface area contributed by atoms with Gasteiger partial charge in [0.15, 0.2) is 0 Å². The van der Waals surface area contributed by atoms with E-state index in [1.165, 1.54) is 0 Å². The third-order valence-electron chi connectivity index (χ3n) is 2.32. The topological polar surface area (TPSA) is 33.1 Å². The number of aryl methyl sites for hydroxylation is 2. The van der Waals surface area contributed by atoms with E-state index < -0.39 is 0 Å². The van der Waals surface area contributed by atoms with Gasteiger partial charge in [-0.15, -0.1) is 0 Å². The van der Waals surface area contributed by atoms with Gasteiger partial charge >= 0.3 is 0 Å². The summed E-state index contributed by atoms with van der Waals surface area (Å²) in [7, 11) is 0. The molecule has 0 saturated carbocycles. The molecule has 72 valence electrons. The number of pyridine rings is 1.